The van der Waals surface area contributed by atoms with Crippen LogP contribution in [0.4, 0.5) is 29.1 Å². The number of nitrogens with one attached hydrogen (secondary N) is 1. The SMILES string of the molecule is COc1cc2ncc(-c3ccc(CC(=O)Nc4cc(C(C)(C)C(F)(F)F)on4)c(F)c3)c(N=[N+]=[N-])c2cc1OC. The Morgan fingerprint density at radius 2 is 1.82 bits per heavy atom. The number of benzene rings is 2. The van der Waals surface area contributed by atoms with Crippen LogP contribution in [0.2, 0.25) is 0 Å². The molecule has 2 heterocycles. The van der Waals surface area contributed by atoms with E-state index in [1.807, 2.05) is 0 Å². The maximum Gasteiger partial charge on any atom is 0.401 e. The summed E-state index contributed by atoms with van der Waals surface area (Å²) < 4.78 is 70.2. The van der Waals surface area contributed by atoms with Gasteiger partial charge in [0, 0.05) is 34.2 Å². The number of amides is 1. The second-order valence-corrected chi connectivity index (χ2v) is 9.16. The number of hydrogen-bond acceptors (Lipinski definition) is 7. The first-order valence-corrected chi connectivity index (χ1v) is 11.6. The molecule has 10 nitrogen and oxygen atoms in total. The highest BCUT2D eigenvalue weighted by Crippen LogP contribution is 2.42. The van der Waals surface area contributed by atoms with Crippen LogP contribution in [0, 0.1) is 5.82 Å². The van der Waals surface area contributed by atoms with Crippen molar-refractivity contribution >= 4 is 28.3 Å². The first-order chi connectivity index (χ1) is 18.9. The lowest BCUT2D eigenvalue weighted by Crippen LogP contribution is -2.35. The fourth-order valence-corrected chi connectivity index (χ4v) is 3.86. The molecule has 0 aliphatic heterocycles. The van der Waals surface area contributed by atoms with Gasteiger partial charge in [0.05, 0.1) is 31.8 Å². The van der Waals surface area contributed by atoms with Gasteiger partial charge < -0.3 is 19.3 Å². The third-order valence-corrected chi connectivity index (χ3v) is 6.31. The molecule has 4 aromatic rings. The van der Waals surface area contributed by atoms with E-state index in [0.29, 0.717) is 33.5 Å². The summed E-state index contributed by atoms with van der Waals surface area (Å²) in [7, 11) is 2.91. The van der Waals surface area contributed by atoms with Crippen molar-refractivity contribution in [3.05, 3.63) is 70.2 Å². The van der Waals surface area contributed by atoms with Gasteiger partial charge in [-0.2, -0.15) is 13.2 Å². The summed E-state index contributed by atoms with van der Waals surface area (Å²) in [4.78, 5) is 19.7. The molecule has 0 spiro atoms. The maximum absolute atomic E-state index is 15.1. The fraction of sp³-hybridized carbons (Fsp3) is 0.269. The van der Waals surface area contributed by atoms with Crippen LogP contribution in [0.5, 0.6) is 11.5 Å². The minimum absolute atomic E-state index is 0.00563. The molecule has 2 aromatic carbocycles. The molecule has 0 bridgehead atoms. The minimum Gasteiger partial charge on any atom is -0.493 e. The van der Waals surface area contributed by atoms with Gasteiger partial charge in [0.2, 0.25) is 5.91 Å². The molecule has 0 atom stereocenters. The summed E-state index contributed by atoms with van der Waals surface area (Å²) in [6, 6.07) is 8.21. The first-order valence-electron chi connectivity index (χ1n) is 11.6. The van der Waals surface area contributed by atoms with E-state index in [0.717, 1.165) is 26.0 Å². The zero-order valence-electron chi connectivity index (χ0n) is 21.6. The second kappa shape index (κ2) is 10.7. The Morgan fingerprint density at radius 1 is 1.12 bits per heavy atom. The molecule has 14 heteroatoms. The summed E-state index contributed by atoms with van der Waals surface area (Å²) in [6.45, 7) is 1.84. The van der Waals surface area contributed by atoms with Crippen molar-refractivity contribution in [3.8, 4) is 22.6 Å². The summed E-state index contributed by atoms with van der Waals surface area (Å²) in [5, 5.41) is 10.0. The third-order valence-electron chi connectivity index (χ3n) is 6.31. The number of pyridine rings is 1. The predicted octanol–water partition coefficient (Wildman–Crippen LogP) is 7.01. The number of ether oxygens (including phenoxy) is 2. The van der Waals surface area contributed by atoms with Gasteiger partial charge in [-0.1, -0.05) is 22.4 Å². The molecule has 4 rings (SSSR count). The molecule has 0 saturated carbocycles. The minimum atomic E-state index is -4.60. The van der Waals surface area contributed by atoms with Crippen molar-refractivity contribution in [2.75, 3.05) is 19.5 Å². The average Bonchev–Trinajstić information content (AvgIpc) is 3.37. The molecule has 0 saturated heterocycles. The summed E-state index contributed by atoms with van der Waals surface area (Å²) in [5.41, 5.74) is 8.14. The number of anilines is 1. The zero-order chi connectivity index (χ0) is 29.2. The number of carbonyl (C=O) groups is 1. The van der Waals surface area contributed by atoms with E-state index in [1.54, 1.807) is 12.1 Å². The van der Waals surface area contributed by atoms with Crippen molar-refractivity contribution in [1.29, 1.82) is 0 Å². The van der Waals surface area contributed by atoms with Crippen LogP contribution in [0.25, 0.3) is 32.5 Å². The smallest absolute Gasteiger partial charge is 0.401 e. The number of halogens is 4. The van der Waals surface area contributed by atoms with E-state index in [2.05, 4.69) is 25.5 Å². The van der Waals surface area contributed by atoms with Crippen molar-refractivity contribution in [2.24, 2.45) is 5.11 Å². The number of hydrogen-bond donors (Lipinski definition) is 1. The Kier molecular flexibility index (Phi) is 7.56. The molecule has 0 aliphatic rings. The number of alkyl halides is 3. The van der Waals surface area contributed by atoms with Crippen molar-refractivity contribution in [3.63, 3.8) is 0 Å². The Labute approximate surface area is 224 Å². The highest BCUT2D eigenvalue weighted by Gasteiger charge is 2.51. The van der Waals surface area contributed by atoms with E-state index in [1.165, 1.54) is 32.5 Å². The lowest BCUT2D eigenvalue weighted by Gasteiger charge is -2.24. The van der Waals surface area contributed by atoms with E-state index in [4.69, 9.17) is 14.0 Å². The van der Waals surface area contributed by atoms with E-state index in [-0.39, 0.29) is 17.1 Å². The van der Waals surface area contributed by atoms with Crippen LogP contribution in [-0.4, -0.2) is 36.4 Å². The van der Waals surface area contributed by atoms with Gasteiger partial charge in [0.25, 0.3) is 0 Å². The molecule has 2 aromatic heterocycles. The Morgan fingerprint density at radius 3 is 2.45 bits per heavy atom. The number of azide groups is 1. The van der Waals surface area contributed by atoms with Crippen LogP contribution in [-0.2, 0) is 16.6 Å². The highest BCUT2D eigenvalue weighted by atomic mass is 19.4. The van der Waals surface area contributed by atoms with Crippen LogP contribution < -0.4 is 14.8 Å². The molecular weight excluding hydrogens is 536 g/mol. The van der Waals surface area contributed by atoms with Gasteiger partial charge in [-0.15, -0.1) is 0 Å². The van der Waals surface area contributed by atoms with Crippen molar-refractivity contribution in [2.45, 2.75) is 31.9 Å². The molecule has 40 heavy (non-hydrogen) atoms. The molecule has 0 radical (unpaired) electrons. The number of aromatic nitrogens is 2. The standard InChI is InChI=1S/C26H22F4N6O4/c1-25(2,26(28,29)30)21-11-22(35-40-21)33-23(37)8-14-6-5-13(7-17(14)27)16-12-32-18-10-20(39-4)19(38-3)9-15(18)24(16)34-36-31/h5-7,9-12H,8H2,1-4H3,(H,33,35,37). The Bertz CT molecular complexity index is 1640. The van der Waals surface area contributed by atoms with Gasteiger partial charge >= 0.3 is 6.18 Å². The maximum atomic E-state index is 15.1. The molecular formula is C26H22F4N6O4. The number of fused-ring (bicyclic) bond motifs is 1. The number of methoxy groups -OCH3 is 2. The van der Waals surface area contributed by atoms with E-state index >= 15 is 4.39 Å². The largest absolute Gasteiger partial charge is 0.493 e. The van der Waals surface area contributed by atoms with E-state index < -0.39 is 35.5 Å². The van der Waals surface area contributed by atoms with Gasteiger partial charge in [-0.05, 0) is 42.6 Å². The zero-order valence-corrected chi connectivity index (χ0v) is 21.6. The molecule has 1 amide bonds. The van der Waals surface area contributed by atoms with Crippen LogP contribution in [0.3, 0.4) is 0 Å². The van der Waals surface area contributed by atoms with E-state index in [9.17, 15) is 23.5 Å². The predicted molar refractivity (Wildman–Crippen MR) is 137 cm³/mol. The fourth-order valence-electron chi connectivity index (χ4n) is 3.86. The van der Waals surface area contributed by atoms with Gasteiger partial charge in [-0.3, -0.25) is 9.78 Å². The first kappa shape index (κ1) is 28.2. The van der Waals surface area contributed by atoms with Crippen LogP contribution in [0.1, 0.15) is 25.2 Å². The normalized spacial score (nSPS) is 11.7. The molecule has 1 N–H and O–H groups in total. The van der Waals surface area contributed by atoms with Gasteiger partial charge in [0.1, 0.15) is 11.2 Å². The second-order valence-electron chi connectivity index (χ2n) is 9.16. The van der Waals surface area contributed by atoms with Crippen LogP contribution in [0.15, 0.2) is 52.2 Å². The molecule has 0 unspecified atom stereocenters. The van der Waals surface area contributed by atoms with Crippen molar-refractivity contribution in [1.82, 2.24) is 10.1 Å². The van der Waals surface area contributed by atoms with Gasteiger partial charge in [0.15, 0.2) is 23.1 Å². The van der Waals surface area contributed by atoms with Gasteiger partial charge in [-0.25, -0.2) is 4.39 Å². The number of rotatable bonds is 8. The third kappa shape index (κ3) is 5.34. The Balaban J connectivity index is 1.59. The highest BCUT2D eigenvalue weighted by molar-refractivity contribution is 5.99. The quantitative estimate of drug-likeness (QED) is 0.107. The summed E-state index contributed by atoms with van der Waals surface area (Å²) in [5.74, 6) is -1.39. The molecule has 0 aliphatic carbocycles. The summed E-state index contributed by atoms with van der Waals surface area (Å²) >= 11 is 0. The lowest BCUT2D eigenvalue weighted by molar-refractivity contribution is -0.185. The monoisotopic (exact) mass is 558 g/mol. The average molecular weight is 558 g/mol. The summed E-state index contributed by atoms with van der Waals surface area (Å²) in [6.07, 6.45) is -3.62. The topological polar surface area (TPSA) is 135 Å². The lowest BCUT2D eigenvalue weighted by atomic mass is 9.89. The number of carbonyl (C=O) groups excluding carboxylic acids is 1. The molecule has 208 valence electrons. The number of nitrogens with zero attached hydrogens (tertiary/aromatic N) is 5. The molecule has 0 fully saturated rings. The van der Waals surface area contributed by atoms with Crippen LogP contribution >= 0.6 is 0 Å². The Hall–Kier alpha value is -4.84. The van der Waals surface area contributed by atoms with Crippen molar-refractivity contribution < 1.29 is 36.4 Å².